The predicted octanol–water partition coefficient (Wildman–Crippen LogP) is 2.80. The Kier molecular flexibility index (Phi) is 7.61. The predicted molar refractivity (Wildman–Crippen MR) is 80.2 cm³/mol. The van der Waals surface area contributed by atoms with E-state index in [1.54, 1.807) is 18.7 Å². The number of carboxylic acids is 1. The molecule has 0 aliphatic carbocycles. The van der Waals surface area contributed by atoms with E-state index in [4.69, 9.17) is 14.2 Å². The smallest absolute Gasteiger partial charge is 0.344 e. The van der Waals surface area contributed by atoms with Crippen LogP contribution in [0.1, 0.15) is 19.4 Å². The first-order valence-electron chi connectivity index (χ1n) is 6.85. The molecule has 0 fully saturated rings. The standard InChI is InChI=1S/C14H22NO5P/c1-3-19-21(18,20-4-2)12-15(11-14(16)17)10-13-8-6-5-7-9-13/h5-9H,3-4,10-12H2,1-2H3,(H,16,17). The van der Waals surface area contributed by atoms with Crippen LogP contribution in [0.4, 0.5) is 0 Å². The molecule has 6 nitrogen and oxygen atoms in total. The lowest BCUT2D eigenvalue weighted by Gasteiger charge is -2.25. The molecule has 7 heteroatoms. The SMILES string of the molecule is CCOP(=O)(CN(CC(=O)O)Cc1ccccc1)OCC. The Hall–Kier alpha value is -1.20. The molecule has 1 aromatic rings. The molecule has 0 saturated heterocycles. The van der Waals surface area contributed by atoms with Crippen molar-refractivity contribution in [3.8, 4) is 0 Å². The Labute approximate surface area is 125 Å². The molecule has 0 bridgehead atoms. The van der Waals surface area contributed by atoms with Gasteiger partial charge in [0.15, 0.2) is 0 Å². The van der Waals surface area contributed by atoms with Crippen LogP contribution in [0, 0.1) is 0 Å². The van der Waals surface area contributed by atoms with Crippen LogP contribution in [0.5, 0.6) is 0 Å². The van der Waals surface area contributed by atoms with Gasteiger partial charge in [-0.05, 0) is 19.4 Å². The Bertz CT molecular complexity index is 470. The van der Waals surface area contributed by atoms with Crippen molar-refractivity contribution in [2.24, 2.45) is 0 Å². The minimum Gasteiger partial charge on any atom is -0.480 e. The molecule has 1 N–H and O–H groups in total. The topological polar surface area (TPSA) is 76.1 Å². The summed E-state index contributed by atoms with van der Waals surface area (Å²) in [5, 5.41) is 9.01. The van der Waals surface area contributed by atoms with Gasteiger partial charge in [-0.3, -0.25) is 14.3 Å². The highest BCUT2D eigenvalue weighted by Crippen LogP contribution is 2.48. The number of nitrogens with zero attached hydrogens (tertiary/aromatic N) is 1. The fourth-order valence-electron chi connectivity index (χ4n) is 1.95. The van der Waals surface area contributed by atoms with Crippen LogP contribution in [0.25, 0.3) is 0 Å². The van der Waals surface area contributed by atoms with Crippen molar-refractivity contribution in [2.75, 3.05) is 26.0 Å². The molecule has 0 saturated carbocycles. The molecule has 0 aromatic heterocycles. The number of aliphatic carboxylic acids is 1. The molecule has 0 radical (unpaired) electrons. The molecule has 0 aliphatic heterocycles. The summed E-state index contributed by atoms with van der Waals surface area (Å²) < 4.78 is 23.0. The Morgan fingerprint density at radius 3 is 2.24 bits per heavy atom. The van der Waals surface area contributed by atoms with Crippen molar-refractivity contribution < 1.29 is 23.5 Å². The first-order valence-corrected chi connectivity index (χ1v) is 8.58. The van der Waals surface area contributed by atoms with Gasteiger partial charge in [-0.1, -0.05) is 30.3 Å². The van der Waals surface area contributed by atoms with Crippen LogP contribution in [0.2, 0.25) is 0 Å². The van der Waals surface area contributed by atoms with Gasteiger partial charge in [0.25, 0.3) is 0 Å². The highest BCUT2D eigenvalue weighted by molar-refractivity contribution is 7.53. The van der Waals surface area contributed by atoms with E-state index in [9.17, 15) is 9.36 Å². The van der Waals surface area contributed by atoms with E-state index in [0.717, 1.165) is 5.56 Å². The van der Waals surface area contributed by atoms with Crippen LogP contribution in [0.3, 0.4) is 0 Å². The zero-order valence-electron chi connectivity index (χ0n) is 12.4. The molecular formula is C14H22NO5P. The fraction of sp³-hybridized carbons (Fsp3) is 0.500. The number of hydrogen-bond acceptors (Lipinski definition) is 5. The second-order valence-corrected chi connectivity index (χ2v) is 6.48. The van der Waals surface area contributed by atoms with Gasteiger partial charge in [0.1, 0.15) is 6.29 Å². The minimum absolute atomic E-state index is 0.0458. The maximum absolute atomic E-state index is 12.5. The van der Waals surface area contributed by atoms with E-state index >= 15 is 0 Å². The molecule has 118 valence electrons. The third-order valence-corrected chi connectivity index (χ3v) is 4.68. The average Bonchev–Trinajstić information content (AvgIpc) is 2.39. The van der Waals surface area contributed by atoms with Gasteiger partial charge >= 0.3 is 13.6 Å². The van der Waals surface area contributed by atoms with Crippen LogP contribution in [0.15, 0.2) is 30.3 Å². The third kappa shape index (κ3) is 6.87. The Morgan fingerprint density at radius 1 is 1.19 bits per heavy atom. The van der Waals surface area contributed by atoms with Crippen LogP contribution in [-0.2, 0) is 25.0 Å². The first-order chi connectivity index (χ1) is 9.99. The van der Waals surface area contributed by atoms with Crippen molar-refractivity contribution in [3.63, 3.8) is 0 Å². The highest BCUT2D eigenvalue weighted by atomic mass is 31.2. The number of hydrogen-bond donors (Lipinski definition) is 1. The molecule has 0 aliphatic rings. The van der Waals surface area contributed by atoms with E-state index < -0.39 is 13.6 Å². The van der Waals surface area contributed by atoms with Crippen molar-refractivity contribution >= 4 is 13.6 Å². The van der Waals surface area contributed by atoms with Crippen LogP contribution in [-0.4, -0.2) is 42.0 Å². The molecular weight excluding hydrogens is 293 g/mol. The molecule has 0 amide bonds. The normalized spacial score (nSPS) is 11.8. The molecule has 1 aromatic carbocycles. The van der Waals surface area contributed by atoms with E-state index in [0.29, 0.717) is 6.54 Å². The molecule has 1 rings (SSSR count). The summed E-state index contributed by atoms with van der Waals surface area (Å²) in [7, 11) is -3.31. The van der Waals surface area contributed by atoms with Crippen molar-refractivity contribution in [3.05, 3.63) is 35.9 Å². The molecule has 0 atom stereocenters. The second kappa shape index (κ2) is 8.95. The molecule has 0 spiro atoms. The van der Waals surface area contributed by atoms with Gasteiger partial charge in [0.05, 0.1) is 19.8 Å². The molecule has 0 heterocycles. The summed E-state index contributed by atoms with van der Waals surface area (Å²) >= 11 is 0. The largest absolute Gasteiger partial charge is 0.480 e. The van der Waals surface area contributed by atoms with Gasteiger partial charge in [0.2, 0.25) is 0 Å². The van der Waals surface area contributed by atoms with Crippen molar-refractivity contribution in [1.29, 1.82) is 0 Å². The van der Waals surface area contributed by atoms with Crippen molar-refractivity contribution in [1.82, 2.24) is 4.90 Å². The quantitative estimate of drug-likeness (QED) is 0.669. The molecule has 0 unspecified atom stereocenters. The summed E-state index contributed by atoms with van der Waals surface area (Å²) in [5.41, 5.74) is 0.943. The highest BCUT2D eigenvalue weighted by Gasteiger charge is 2.28. The zero-order valence-corrected chi connectivity index (χ0v) is 13.3. The lowest BCUT2D eigenvalue weighted by atomic mass is 10.2. The van der Waals surface area contributed by atoms with E-state index in [1.165, 1.54) is 0 Å². The monoisotopic (exact) mass is 315 g/mol. The number of carbonyl (C=O) groups is 1. The Morgan fingerprint density at radius 2 is 1.76 bits per heavy atom. The van der Waals surface area contributed by atoms with E-state index in [1.807, 2.05) is 30.3 Å². The third-order valence-electron chi connectivity index (χ3n) is 2.63. The van der Waals surface area contributed by atoms with E-state index in [-0.39, 0.29) is 26.0 Å². The van der Waals surface area contributed by atoms with Gasteiger partial charge in [-0.2, -0.15) is 0 Å². The van der Waals surface area contributed by atoms with E-state index in [2.05, 4.69) is 0 Å². The van der Waals surface area contributed by atoms with Gasteiger partial charge in [0, 0.05) is 6.54 Å². The Balaban J connectivity index is 2.81. The lowest BCUT2D eigenvalue weighted by Crippen LogP contribution is -2.31. The van der Waals surface area contributed by atoms with Gasteiger partial charge < -0.3 is 14.2 Å². The molecule has 21 heavy (non-hydrogen) atoms. The average molecular weight is 315 g/mol. The lowest BCUT2D eigenvalue weighted by molar-refractivity contribution is -0.138. The maximum Gasteiger partial charge on any atom is 0.344 e. The van der Waals surface area contributed by atoms with Crippen molar-refractivity contribution in [2.45, 2.75) is 20.4 Å². The van der Waals surface area contributed by atoms with Gasteiger partial charge in [-0.15, -0.1) is 0 Å². The maximum atomic E-state index is 12.5. The summed E-state index contributed by atoms with van der Waals surface area (Å²) in [4.78, 5) is 12.5. The summed E-state index contributed by atoms with van der Waals surface area (Å²) in [5.74, 6) is -0.981. The number of rotatable bonds is 10. The summed E-state index contributed by atoms with van der Waals surface area (Å²) in [6.07, 6.45) is -0.0458. The number of carboxylic acid groups (broad SMARTS) is 1. The first kappa shape index (κ1) is 17.9. The second-order valence-electron chi connectivity index (χ2n) is 4.45. The summed E-state index contributed by atoms with van der Waals surface area (Å²) in [6.45, 7) is 4.11. The minimum atomic E-state index is -3.31. The zero-order chi connectivity index (χ0) is 15.7. The van der Waals surface area contributed by atoms with Crippen LogP contribution < -0.4 is 0 Å². The summed E-state index contributed by atoms with van der Waals surface area (Å²) in [6, 6.07) is 9.41. The van der Waals surface area contributed by atoms with Crippen LogP contribution >= 0.6 is 7.60 Å². The van der Waals surface area contributed by atoms with Gasteiger partial charge in [-0.25, -0.2) is 0 Å². The number of benzene rings is 1. The fourth-order valence-corrected chi connectivity index (χ4v) is 3.66.